The summed E-state index contributed by atoms with van der Waals surface area (Å²) in [6.07, 6.45) is 0. The second-order valence-electron chi connectivity index (χ2n) is 3.58. The van der Waals surface area contributed by atoms with Crippen molar-refractivity contribution in [3.05, 3.63) is 42.5 Å². The van der Waals surface area contributed by atoms with Gasteiger partial charge in [0.15, 0.2) is 0 Å². The van der Waals surface area contributed by atoms with Crippen molar-refractivity contribution in [1.82, 2.24) is 0 Å². The monoisotopic (exact) mass is 286 g/mol. The molecule has 0 bridgehead atoms. The van der Waals surface area contributed by atoms with Gasteiger partial charge in [-0.3, -0.25) is 0 Å². The smallest absolute Gasteiger partial charge is 0.118 e. The minimum atomic E-state index is 0. The number of methoxy groups -OCH3 is 1. The van der Waals surface area contributed by atoms with Gasteiger partial charge in [0, 0.05) is 16.9 Å². The molecule has 0 saturated carbocycles. The number of nitrogens with two attached hydrogens (primary N) is 2. The highest BCUT2D eigenvalue weighted by Gasteiger charge is 2.03. The third kappa shape index (κ3) is 3.45. The van der Waals surface area contributed by atoms with Crippen molar-refractivity contribution < 1.29 is 4.74 Å². The molecule has 0 saturated heterocycles. The van der Waals surface area contributed by atoms with E-state index in [9.17, 15) is 0 Å². The maximum atomic E-state index is 5.91. The lowest BCUT2D eigenvalue weighted by Crippen LogP contribution is -1.93. The molecule has 0 aliphatic heterocycles. The average Bonchev–Trinajstić information content (AvgIpc) is 2.32. The number of benzene rings is 2. The molecule has 18 heavy (non-hydrogen) atoms. The third-order valence-corrected chi connectivity index (χ3v) is 2.48. The van der Waals surface area contributed by atoms with E-state index in [1.807, 2.05) is 36.4 Å². The van der Waals surface area contributed by atoms with E-state index in [1.165, 1.54) is 0 Å². The van der Waals surface area contributed by atoms with E-state index < -0.39 is 0 Å². The fourth-order valence-corrected chi connectivity index (χ4v) is 1.59. The van der Waals surface area contributed by atoms with E-state index in [-0.39, 0.29) is 24.8 Å². The Morgan fingerprint density at radius 2 is 1.50 bits per heavy atom. The predicted octanol–water partition coefficient (Wildman–Crippen LogP) is 3.37. The van der Waals surface area contributed by atoms with Crippen LogP contribution in [0.1, 0.15) is 0 Å². The Bertz CT molecular complexity index is 501. The van der Waals surface area contributed by atoms with Gasteiger partial charge in [-0.1, -0.05) is 12.1 Å². The Hall–Kier alpha value is -1.58. The number of halogens is 2. The number of nitrogen functional groups attached to an aromatic ring is 2. The lowest BCUT2D eigenvalue weighted by Gasteiger charge is -2.07. The van der Waals surface area contributed by atoms with E-state index in [2.05, 4.69) is 0 Å². The molecule has 0 aliphatic carbocycles. The van der Waals surface area contributed by atoms with Crippen LogP contribution in [0, 0.1) is 0 Å². The molecule has 0 spiro atoms. The van der Waals surface area contributed by atoms with Crippen molar-refractivity contribution >= 4 is 36.2 Å². The van der Waals surface area contributed by atoms with Gasteiger partial charge < -0.3 is 16.2 Å². The lowest BCUT2D eigenvalue weighted by atomic mass is 10.0. The zero-order valence-electron chi connectivity index (χ0n) is 9.92. The molecule has 0 heterocycles. The number of rotatable bonds is 2. The van der Waals surface area contributed by atoms with Gasteiger partial charge in [0.1, 0.15) is 5.75 Å². The van der Waals surface area contributed by atoms with E-state index >= 15 is 0 Å². The van der Waals surface area contributed by atoms with Gasteiger partial charge in [-0.2, -0.15) is 0 Å². The maximum Gasteiger partial charge on any atom is 0.118 e. The highest BCUT2D eigenvalue weighted by molar-refractivity contribution is 5.85. The second kappa shape index (κ2) is 6.99. The van der Waals surface area contributed by atoms with Crippen molar-refractivity contribution in [2.45, 2.75) is 0 Å². The van der Waals surface area contributed by atoms with Crippen molar-refractivity contribution in [1.29, 1.82) is 0 Å². The Balaban J connectivity index is 0.00000144. The van der Waals surface area contributed by atoms with E-state index in [0.717, 1.165) is 22.6 Å². The van der Waals surface area contributed by atoms with E-state index in [1.54, 1.807) is 13.2 Å². The van der Waals surface area contributed by atoms with Gasteiger partial charge >= 0.3 is 0 Å². The van der Waals surface area contributed by atoms with Crippen LogP contribution in [-0.2, 0) is 0 Å². The molecule has 98 valence electrons. The number of hydrogen-bond donors (Lipinski definition) is 2. The summed E-state index contributed by atoms with van der Waals surface area (Å²) in [4.78, 5) is 0. The summed E-state index contributed by atoms with van der Waals surface area (Å²) in [5, 5.41) is 0. The van der Waals surface area contributed by atoms with Gasteiger partial charge in [-0.05, 0) is 35.9 Å². The quantitative estimate of drug-likeness (QED) is 0.832. The third-order valence-electron chi connectivity index (χ3n) is 2.48. The molecule has 0 radical (unpaired) electrons. The number of hydrogen-bond acceptors (Lipinski definition) is 3. The van der Waals surface area contributed by atoms with Crippen LogP contribution in [0.3, 0.4) is 0 Å². The topological polar surface area (TPSA) is 61.3 Å². The molecule has 3 nitrogen and oxygen atoms in total. The summed E-state index contributed by atoms with van der Waals surface area (Å²) >= 11 is 0. The lowest BCUT2D eigenvalue weighted by molar-refractivity contribution is 0.415. The van der Waals surface area contributed by atoms with Gasteiger partial charge in [0.25, 0.3) is 0 Å². The normalized spacial score (nSPS) is 8.94. The molecule has 0 aliphatic rings. The maximum absolute atomic E-state index is 5.91. The summed E-state index contributed by atoms with van der Waals surface area (Å²) < 4.78 is 5.10. The molecule has 2 aromatic carbocycles. The average molecular weight is 287 g/mol. The minimum absolute atomic E-state index is 0. The van der Waals surface area contributed by atoms with Gasteiger partial charge in [0.05, 0.1) is 7.11 Å². The van der Waals surface area contributed by atoms with Crippen LogP contribution in [0.2, 0.25) is 0 Å². The largest absolute Gasteiger partial charge is 0.497 e. The van der Waals surface area contributed by atoms with Crippen molar-refractivity contribution in [2.24, 2.45) is 0 Å². The first kappa shape index (κ1) is 16.4. The van der Waals surface area contributed by atoms with Crippen LogP contribution >= 0.6 is 24.8 Å². The molecular formula is C13H16Cl2N2O. The Morgan fingerprint density at radius 1 is 0.889 bits per heavy atom. The molecule has 0 fully saturated rings. The van der Waals surface area contributed by atoms with Crippen LogP contribution in [0.25, 0.3) is 11.1 Å². The van der Waals surface area contributed by atoms with Gasteiger partial charge in [-0.25, -0.2) is 0 Å². The van der Waals surface area contributed by atoms with Crippen LogP contribution in [0.5, 0.6) is 5.75 Å². The SMILES string of the molecule is COc1ccc(-c2cc(N)ccc2N)cc1.Cl.Cl. The molecule has 2 rings (SSSR count). The van der Waals surface area contributed by atoms with Crippen LogP contribution in [-0.4, -0.2) is 7.11 Å². The Kier molecular flexibility index (Phi) is 6.37. The first-order chi connectivity index (χ1) is 7.70. The Morgan fingerprint density at radius 3 is 2.06 bits per heavy atom. The minimum Gasteiger partial charge on any atom is -0.497 e. The summed E-state index contributed by atoms with van der Waals surface area (Å²) in [7, 11) is 1.64. The Labute approximate surface area is 119 Å². The van der Waals surface area contributed by atoms with E-state index in [4.69, 9.17) is 16.2 Å². The zero-order chi connectivity index (χ0) is 11.5. The molecule has 0 unspecified atom stereocenters. The van der Waals surface area contributed by atoms with Gasteiger partial charge in [-0.15, -0.1) is 24.8 Å². The van der Waals surface area contributed by atoms with Gasteiger partial charge in [0.2, 0.25) is 0 Å². The first-order valence-corrected chi connectivity index (χ1v) is 5.00. The highest BCUT2D eigenvalue weighted by Crippen LogP contribution is 2.29. The van der Waals surface area contributed by atoms with Crippen molar-refractivity contribution in [3.63, 3.8) is 0 Å². The first-order valence-electron chi connectivity index (χ1n) is 5.00. The van der Waals surface area contributed by atoms with Crippen LogP contribution in [0.15, 0.2) is 42.5 Å². The summed E-state index contributed by atoms with van der Waals surface area (Å²) in [5.41, 5.74) is 15.1. The fourth-order valence-electron chi connectivity index (χ4n) is 1.59. The molecule has 0 atom stereocenters. The second-order valence-corrected chi connectivity index (χ2v) is 3.58. The van der Waals surface area contributed by atoms with Crippen molar-refractivity contribution in [3.8, 4) is 16.9 Å². The molecule has 0 aromatic heterocycles. The molecular weight excluding hydrogens is 271 g/mol. The van der Waals surface area contributed by atoms with Crippen molar-refractivity contribution in [2.75, 3.05) is 18.6 Å². The summed E-state index contributed by atoms with van der Waals surface area (Å²) in [6.45, 7) is 0. The highest BCUT2D eigenvalue weighted by atomic mass is 35.5. The van der Waals surface area contributed by atoms with Crippen LogP contribution < -0.4 is 16.2 Å². The number of anilines is 2. The standard InChI is InChI=1S/C13H14N2O.2ClH/c1-16-11-5-2-9(3-6-11)12-8-10(14)4-7-13(12)15;;/h2-8H,14-15H2,1H3;2*1H. The van der Waals surface area contributed by atoms with E-state index in [0.29, 0.717) is 5.69 Å². The zero-order valence-corrected chi connectivity index (χ0v) is 11.6. The molecule has 5 heteroatoms. The predicted molar refractivity (Wildman–Crippen MR) is 81.8 cm³/mol. The van der Waals surface area contributed by atoms with Crippen LogP contribution in [0.4, 0.5) is 11.4 Å². The molecule has 0 amide bonds. The number of ether oxygens (including phenoxy) is 1. The fraction of sp³-hybridized carbons (Fsp3) is 0.0769. The molecule has 2 aromatic rings. The molecule has 4 N–H and O–H groups in total. The summed E-state index contributed by atoms with van der Waals surface area (Å²) in [6, 6.07) is 13.2. The summed E-state index contributed by atoms with van der Waals surface area (Å²) in [5.74, 6) is 0.825.